The van der Waals surface area contributed by atoms with Gasteiger partial charge in [-0.05, 0) is 35.6 Å². The summed E-state index contributed by atoms with van der Waals surface area (Å²) in [7, 11) is -3.72. The van der Waals surface area contributed by atoms with Crippen molar-refractivity contribution < 1.29 is 23.1 Å². The average molecular weight is 396 g/mol. The number of aliphatic carboxylic acids is 1. The number of amides is 1. The van der Waals surface area contributed by atoms with Crippen molar-refractivity contribution in [1.82, 2.24) is 4.90 Å². The molecular weight excluding hydrogens is 376 g/mol. The number of carboxylic acids is 1. The van der Waals surface area contributed by atoms with Gasteiger partial charge >= 0.3 is 5.97 Å². The molecule has 0 radical (unpaired) electrons. The number of benzene rings is 1. The molecule has 0 saturated heterocycles. The van der Waals surface area contributed by atoms with Gasteiger partial charge in [-0.1, -0.05) is 26.0 Å². The van der Waals surface area contributed by atoms with E-state index in [0.717, 1.165) is 11.3 Å². The smallest absolute Gasteiger partial charge is 0.323 e. The SMILES string of the molecule is CC(C)CN(CC(=O)O)C(=O)c1cccc(NS(=O)(=O)c2cccs2)c1. The monoisotopic (exact) mass is 396 g/mol. The van der Waals surface area contributed by atoms with Crippen molar-refractivity contribution in [3.63, 3.8) is 0 Å². The molecule has 0 aliphatic rings. The van der Waals surface area contributed by atoms with Gasteiger partial charge in [0.05, 0.1) is 0 Å². The van der Waals surface area contributed by atoms with Gasteiger partial charge in [0.15, 0.2) is 0 Å². The van der Waals surface area contributed by atoms with Crippen LogP contribution in [0.2, 0.25) is 0 Å². The summed E-state index contributed by atoms with van der Waals surface area (Å²) >= 11 is 1.09. The third-order valence-corrected chi connectivity index (χ3v) is 6.10. The van der Waals surface area contributed by atoms with E-state index < -0.39 is 28.4 Å². The summed E-state index contributed by atoms with van der Waals surface area (Å²) in [5, 5.41) is 10.7. The van der Waals surface area contributed by atoms with Crippen LogP contribution in [0.3, 0.4) is 0 Å². The van der Waals surface area contributed by atoms with Crippen molar-refractivity contribution >= 4 is 38.9 Å². The van der Waals surface area contributed by atoms with Crippen LogP contribution in [-0.2, 0) is 14.8 Å². The van der Waals surface area contributed by atoms with E-state index in [2.05, 4.69) is 4.72 Å². The second-order valence-electron chi connectivity index (χ2n) is 6.09. The number of carbonyl (C=O) groups is 2. The number of nitrogens with one attached hydrogen (secondary N) is 1. The minimum absolute atomic E-state index is 0.0961. The zero-order valence-electron chi connectivity index (χ0n) is 14.4. The fraction of sp³-hybridized carbons (Fsp3) is 0.294. The van der Waals surface area contributed by atoms with Gasteiger partial charge in [-0.25, -0.2) is 8.42 Å². The molecule has 2 rings (SSSR count). The zero-order chi connectivity index (χ0) is 19.3. The molecule has 0 aliphatic heterocycles. The average Bonchev–Trinajstić information content (AvgIpc) is 3.08. The fourth-order valence-electron chi connectivity index (χ4n) is 2.34. The Hall–Kier alpha value is -2.39. The van der Waals surface area contributed by atoms with Gasteiger partial charge in [-0.3, -0.25) is 14.3 Å². The second-order valence-corrected chi connectivity index (χ2v) is 8.95. The van der Waals surface area contributed by atoms with Crippen LogP contribution in [0.1, 0.15) is 24.2 Å². The van der Waals surface area contributed by atoms with Crippen LogP contribution in [0, 0.1) is 5.92 Å². The molecule has 0 aliphatic carbocycles. The molecule has 0 unspecified atom stereocenters. The summed E-state index contributed by atoms with van der Waals surface area (Å²) in [6.45, 7) is 3.64. The van der Waals surface area contributed by atoms with Crippen molar-refractivity contribution in [2.24, 2.45) is 5.92 Å². The number of thiophene rings is 1. The van der Waals surface area contributed by atoms with Crippen LogP contribution in [0.25, 0.3) is 0 Å². The van der Waals surface area contributed by atoms with E-state index in [1.165, 1.54) is 29.2 Å². The van der Waals surface area contributed by atoms with E-state index in [4.69, 9.17) is 5.11 Å². The highest BCUT2D eigenvalue weighted by atomic mass is 32.2. The van der Waals surface area contributed by atoms with E-state index in [0.29, 0.717) is 0 Å². The normalized spacial score (nSPS) is 11.3. The van der Waals surface area contributed by atoms with E-state index in [1.807, 2.05) is 13.8 Å². The summed E-state index contributed by atoms with van der Waals surface area (Å²) < 4.78 is 27.2. The molecule has 9 heteroatoms. The van der Waals surface area contributed by atoms with Gasteiger partial charge in [0.25, 0.3) is 15.9 Å². The molecular formula is C17H20N2O5S2. The maximum Gasteiger partial charge on any atom is 0.323 e. The second kappa shape index (κ2) is 8.33. The van der Waals surface area contributed by atoms with Crippen LogP contribution < -0.4 is 4.72 Å². The summed E-state index contributed by atoms with van der Waals surface area (Å²) in [6, 6.07) is 9.14. The predicted octanol–water partition coefficient (Wildman–Crippen LogP) is 2.73. The van der Waals surface area contributed by atoms with Crippen LogP contribution in [0.15, 0.2) is 46.0 Å². The summed E-state index contributed by atoms with van der Waals surface area (Å²) in [6.07, 6.45) is 0. The molecule has 2 aromatic rings. The Balaban J connectivity index is 2.24. The Morgan fingerprint density at radius 3 is 2.54 bits per heavy atom. The zero-order valence-corrected chi connectivity index (χ0v) is 16.0. The van der Waals surface area contributed by atoms with Crippen molar-refractivity contribution in [2.45, 2.75) is 18.1 Å². The predicted molar refractivity (Wildman–Crippen MR) is 99.9 cm³/mol. The lowest BCUT2D eigenvalue weighted by Crippen LogP contribution is -2.38. The summed E-state index contributed by atoms with van der Waals surface area (Å²) in [5.41, 5.74) is 0.461. The lowest BCUT2D eigenvalue weighted by Gasteiger charge is -2.23. The lowest BCUT2D eigenvalue weighted by molar-refractivity contribution is -0.137. The standard InChI is InChI=1S/C17H20N2O5S2/c1-12(2)10-19(11-15(20)21)17(22)13-5-3-6-14(9-13)18-26(23,24)16-7-4-8-25-16/h3-9,12,18H,10-11H2,1-2H3,(H,20,21). The van der Waals surface area contributed by atoms with Crippen LogP contribution in [0.5, 0.6) is 0 Å². The molecule has 1 heterocycles. The van der Waals surface area contributed by atoms with Crippen molar-refractivity contribution in [3.8, 4) is 0 Å². The Labute approximate surface area is 156 Å². The van der Waals surface area contributed by atoms with Crippen LogP contribution in [0.4, 0.5) is 5.69 Å². The Kier molecular flexibility index (Phi) is 6.38. The summed E-state index contributed by atoms with van der Waals surface area (Å²) in [4.78, 5) is 24.9. The maximum atomic E-state index is 12.6. The number of rotatable bonds is 8. The quantitative estimate of drug-likeness (QED) is 0.714. The first-order chi connectivity index (χ1) is 12.2. The minimum Gasteiger partial charge on any atom is -0.480 e. The number of nitrogens with zero attached hydrogens (tertiary/aromatic N) is 1. The molecule has 2 N–H and O–H groups in total. The highest BCUT2D eigenvalue weighted by Crippen LogP contribution is 2.21. The number of hydrogen-bond acceptors (Lipinski definition) is 5. The Morgan fingerprint density at radius 1 is 1.23 bits per heavy atom. The van der Waals surface area contributed by atoms with E-state index in [1.54, 1.807) is 17.5 Å². The van der Waals surface area contributed by atoms with Crippen molar-refractivity contribution in [2.75, 3.05) is 17.8 Å². The molecule has 26 heavy (non-hydrogen) atoms. The molecule has 0 bridgehead atoms. The van der Waals surface area contributed by atoms with Gasteiger partial charge in [0, 0.05) is 17.8 Å². The molecule has 1 amide bonds. The molecule has 140 valence electrons. The minimum atomic E-state index is -3.72. The number of hydrogen-bond donors (Lipinski definition) is 2. The van der Waals surface area contributed by atoms with Crippen molar-refractivity contribution in [3.05, 3.63) is 47.3 Å². The number of sulfonamides is 1. The fourth-order valence-corrected chi connectivity index (χ4v) is 4.39. The largest absolute Gasteiger partial charge is 0.480 e. The topological polar surface area (TPSA) is 104 Å². The van der Waals surface area contributed by atoms with Gasteiger partial charge in [-0.2, -0.15) is 0 Å². The van der Waals surface area contributed by atoms with Crippen LogP contribution in [-0.4, -0.2) is 43.4 Å². The Bertz CT molecular complexity index is 876. The molecule has 7 nitrogen and oxygen atoms in total. The molecule has 0 spiro atoms. The van der Waals surface area contributed by atoms with Crippen LogP contribution >= 0.6 is 11.3 Å². The number of carboxylic acid groups (broad SMARTS) is 1. The molecule has 0 saturated carbocycles. The van der Waals surface area contributed by atoms with Gasteiger partial charge < -0.3 is 10.0 Å². The van der Waals surface area contributed by atoms with E-state index >= 15 is 0 Å². The van der Waals surface area contributed by atoms with Crippen molar-refractivity contribution in [1.29, 1.82) is 0 Å². The highest BCUT2D eigenvalue weighted by molar-refractivity contribution is 7.94. The Morgan fingerprint density at radius 2 is 1.96 bits per heavy atom. The number of carbonyl (C=O) groups excluding carboxylic acids is 1. The summed E-state index contributed by atoms with van der Waals surface area (Å²) in [5.74, 6) is -1.47. The molecule has 1 aromatic heterocycles. The third kappa shape index (κ3) is 5.30. The molecule has 1 aromatic carbocycles. The van der Waals surface area contributed by atoms with Gasteiger partial charge in [0.1, 0.15) is 10.8 Å². The maximum absolute atomic E-state index is 12.6. The third-order valence-electron chi connectivity index (χ3n) is 3.32. The van der Waals surface area contributed by atoms with E-state index in [-0.39, 0.29) is 27.9 Å². The first kappa shape index (κ1) is 19.9. The first-order valence-corrected chi connectivity index (χ1v) is 10.2. The highest BCUT2D eigenvalue weighted by Gasteiger charge is 2.21. The van der Waals surface area contributed by atoms with Gasteiger partial charge in [0.2, 0.25) is 0 Å². The molecule has 0 fully saturated rings. The van der Waals surface area contributed by atoms with E-state index in [9.17, 15) is 18.0 Å². The lowest BCUT2D eigenvalue weighted by atomic mass is 10.1. The first-order valence-electron chi connectivity index (χ1n) is 7.86. The molecule has 0 atom stereocenters. The number of anilines is 1. The van der Waals surface area contributed by atoms with Gasteiger partial charge in [-0.15, -0.1) is 11.3 Å².